The van der Waals surface area contributed by atoms with Crippen molar-refractivity contribution in [2.45, 2.75) is 6.61 Å². The second kappa shape index (κ2) is 8.58. The fourth-order valence-corrected chi connectivity index (χ4v) is 4.82. The molecule has 4 nitrogen and oxygen atoms in total. The van der Waals surface area contributed by atoms with Crippen LogP contribution in [0.1, 0.15) is 11.1 Å². The third-order valence-corrected chi connectivity index (χ3v) is 6.14. The Morgan fingerprint density at radius 1 is 1.22 bits per heavy atom. The lowest BCUT2D eigenvalue weighted by Gasteiger charge is -2.11. The first-order valence-corrected chi connectivity index (χ1v) is 10.3. The molecule has 2 aromatic carbocycles. The summed E-state index contributed by atoms with van der Waals surface area (Å²) in [6.45, 7) is 0.313. The van der Waals surface area contributed by atoms with Gasteiger partial charge in [-0.05, 0) is 85.1 Å². The van der Waals surface area contributed by atoms with Crippen LogP contribution < -0.4 is 4.74 Å². The number of ether oxygens (including phenoxy) is 1. The first-order chi connectivity index (χ1) is 12.9. The summed E-state index contributed by atoms with van der Waals surface area (Å²) < 4.78 is 20.3. The Hall–Kier alpha value is -1.64. The van der Waals surface area contributed by atoms with E-state index >= 15 is 0 Å². The number of halogens is 3. The number of amidine groups is 1. The van der Waals surface area contributed by atoms with Gasteiger partial charge in [-0.25, -0.2) is 4.39 Å². The van der Waals surface area contributed by atoms with Crippen LogP contribution in [0.5, 0.6) is 5.75 Å². The molecule has 0 saturated carbocycles. The molecule has 2 aromatic rings. The van der Waals surface area contributed by atoms with Gasteiger partial charge in [0.05, 0.1) is 13.9 Å². The molecule has 1 heterocycles. The number of hydrogen-bond acceptors (Lipinski definition) is 4. The van der Waals surface area contributed by atoms with Crippen molar-refractivity contribution in [3.05, 3.63) is 67.2 Å². The number of aliphatic imine (C=N–C) groups is 1. The summed E-state index contributed by atoms with van der Waals surface area (Å²) in [6, 6.07) is 9.93. The Morgan fingerprint density at radius 2 is 1.85 bits per heavy atom. The van der Waals surface area contributed by atoms with Gasteiger partial charge < -0.3 is 4.74 Å². The molecule has 0 spiro atoms. The highest BCUT2D eigenvalue weighted by atomic mass is 79.9. The average Bonchev–Trinajstić information content (AvgIpc) is 2.90. The average molecular weight is 514 g/mol. The third kappa shape index (κ3) is 4.62. The molecule has 8 heteroatoms. The summed E-state index contributed by atoms with van der Waals surface area (Å²) >= 11 is 8.37. The van der Waals surface area contributed by atoms with E-state index in [2.05, 4.69) is 36.9 Å². The molecule has 3 rings (SSSR count). The molecule has 1 aliphatic heterocycles. The quantitative estimate of drug-likeness (QED) is 0.509. The fraction of sp³-hybridized carbons (Fsp3) is 0.158. The number of thioether (sulfide) groups is 1. The third-order valence-electron chi connectivity index (χ3n) is 3.81. The van der Waals surface area contributed by atoms with Crippen LogP contribution in [0.15, 0.2) is 55.2 Å². The van der Waals surface area contributed by atoms with E-state index in [0.717, 1.165) is 20.1 Å². The normalized spacial score (nSPS) is 17.2. The van der Waals surface area contributed by atoms with Crippen LogP contribution in [0, 0.1) is 5.82 Å². The lowest BCUT2D eigenvalue weighted by Crippen LogP contribution is -2.23. The topological polar surface area (TPSA) is 41.9 Å². The van der Waals surface area contributed by atoms with Crippen LogP contribution in [-0.4, -0.2) is 30.1 Å². The molecule has 0 unspecified atom stereocenters. The maximum Gasteiger partial charge on any atom is 0.266 e. The zero-order chi connectivity index (χ0) is 19.6. The molecule has 0 atom stereocenters. The monoisotopic (exact) mass is 512 g/mol. The molecule has 1 saturated heterocycles. The van der Waals surface area contributed by atoms with Crippen LogP contribution in [0.25, 0.3) is 6.08 Å². The van der Waals surface area contributed by atoms with Gasteiger partial charge in [-0.3, -0.25) is 14.7 Å². The molecule has 1 aliphatic rings. The first-order valence-electron chi connectivity index (χ1n) is 7.89. The van der Waals surface area contributed by atoms with Crippen molar-refractivity contribution in [3.8, 4) is 5.75 Å². The zero-order valence-electron chi connectivity index (χ0n) is 14.5. The van der Waals surface area contributed by atoms with E-state index in [1.54, 1.807) is 26.2 Å². The number of likely N-dealkylation sites (N-methyl/N-ethyl adjacent to an activating group) is 1. The maximum atomic E-state index is 13.0. The van der Waals surface area contributed by atoms with Crippen molar-refractivity contribution in [2.24, 2.45) is 4.99 Å². The van der Waals surface area contributed by atoms with Gasteiger partial charge in [-0.1, -0.05) is 12.1 Å². The van der Waals surface area contributed by atoms with Crippen molar-refractivity contribution in [2.75, 3.05) is 14.1 Å². The highest BCUT2D eigenvalue weighted by molar-refractivity contribution is 9.11. The van der Waals surface area contributed by atoms with Crippen LogP contribution >= 0.6 is 43.6 Å². The first kappa shape index (κ1) is 20.1. The van der Waals surface area contributed by atoms with E-state index in [-0.39, 0.29) is 11.7 Å². The molecular formula is C19H15Br2FN2O2S. The smallest absolute Gasteiger partial charge is 0.266 e. The molecule has 27 heavy (non-hydrogen) atoms. The van der Waals surface area contributed by atoms with Crippen molar-refractivity contribution in [3.63, 3.8) is 0 Å². The number of rotatable bonds is 4. The molecular weight excluding hydrogens is 499 g/mol. The van der Waals surface area contributed by atoms with Crippen LogP contribution in [-0.2, 0) is 11.4 Å². The van der Waals surface area contributed by atoms with Crippen molar-refractivity contribution >= 4 is 60.8 Å². The lowest BCUT2D eigenvalue weighted by atomic mass is 10.2. The number of nitrogens with zero attached hydrogens (tertiary/aromatic N) is 2. The summed E-state index contributed by atoms with van der Waals surface area (Å²) in [5.41, 5.74) is 1.72. The van der Waals surface area contributed by atoms with Crippen molar-refractivity contribution in [1.29, 1.82) is 0 Å². The second-order valence-corrected chi connectivity index (χ2v) is 8.43. The minimum atomic E-state index is -0.278. The van der Waals surface area contributed by atoms with Gasteiger partial charge in [-0.15, -0.1) is 0 Å². The summed E-state index contributed by atoms with van der Waals surface area (Å²) in [4.78, 5) is 18.5. The predicted octanol–water partition coefficient (Wildman–Crippen LogP) is 5.46. The highest BCUT2D eigenvalue weighted by Gasteiger charge is 2.29. The van der Waals surface area contributed by atoms with E-state index in [4.69, 9.17) is 4.74 Å². The number of carbonyl (C=O) groups is 1. The van der Waals surface area contributed by atoms with Gasteiger partial charge in [0.1, 0.15) is 18.2 Å². The summed E-state index contributed by atoms with van der Waals surface area (Å²) in [6.07, 6.45) is 1.82. The number of hydrogen-bond donors (Lipinski definition) is 0. The molecule has 0 radical (unpaired) electrons. The minimum absolute atomic E-state index is 0.0792. The van der Waals surface area contributed by atoms with Gasteiger partial charge in [0.15, 0.2) is 5.17 Å². The van der Waals surface area contributed by atoms with Gasteiger partial charge in [0.2, 0.25) is 0 Å². The Labute approximate surface area is 177 Å². The molecule has 140 valence electrons. The fourth-order valence-electron chi connectivity index (χ4n) is 2.44. The maximum absolute atomic E-state index is 13.0. The van der Waals surface area contributed by atoms with E-state index < -0.39 is 0 Å². The molecule has 0 bridgehead atoms. The standard InChI is InChI=1S/C19H15Br2FN2O2S/c1-23-19-24(2)18(25)16(27-19)9-12-7-14(20)17(15(21)8-12)26-10-11-3-5-13(22)6-4-11/h3-9H,10H2,1-2H3/b16-9-,23-19?. The molecule has 1 amide bonds. The second-order valence-electron chi connectivity index (χ2n) is 5.71. The highest BCUT2D eigenvalue weighted by Crippen LogP contribution is 2.37. The van der Waals surface area contributed by atoms with E-state index in [1.807, 2.05) is 18.2 Å². The van der Waals surface area contributed by atoms with E-state index in [0.29, 0.717) is 22.4 Å². The number of amides is 1. The number of benzene rings is 2. The number of carbonyl (C=O) groups excluding carboxylic acids is 1. The van der Waals surface area contributed by atoms with Crippen LogP contribution in [0.4, 0.5) is 4.39 Å². The van der Waals surface area contributed by atoms with E-state index in [1.165, 1.54) is 28.8 Å². The Kier molecular flexibility index (Phi) is 6.39. The molecule has 0 N–H and O–H groups in total. The minimum Gasteiger partial charge on any atom is -0.487 e. The SMILES string of the molecule is CN=C1S/C(=C\c2cc(Br)c(OCc3ccc(F)cc3)c(Br)c2)C(=O)N1C. The lowest BCUT2D eigenvalue weighted by molar-refractivity contribution is -0.121. The van der Waals surface area contributed by atoms with Crippen LogP contribution in [0.3, 0.4) is 0 Å². The predicted molar refractivity (Wildman–Crippen MR) is 114 cm³/mol. The largest absolute Gasteiger partial charge is 0.487 e. The summed E-state index contributed by atoms with van der Waals surface area (Å²) in [7, 11) is 3.37. The van der Waals surface area contributed by atoms with Gasteiger partial charge in [0, 0.05) is 14.1 Å². The van der Waals surface area contributed by atoms with Crippen molar-refractivity contribution < 1.29 is 13.9 Å². The van der Waals surface area contributed by atoms with Gasteiger partial charge in [-0.2, -0.15) is 0 Å². The summed E-state index contributed by atoms with van der Waals surface area (Å²) in [5.74, 6) is 0.282. The molecule has 0 aromatic heterocycles. The Bertz CT molecular complexity index is 922. The Morgan fingerprint density at radius 3 is 2.41 bits per heavy atom. The van der Waals surface area contributed by atoms with Crippen LogP contribution in [0.2, 0.25) is 0 Å². The molecule has 0 aliphatic carbocycles. The van der Waals surface area contributed by atoms with Gasteiger partial charge >= 0.3 is 0 Å². The zero-order valence-corrected chi connectivity index (χ0v) is 18.5. The Balaban J connectivity index is 1.80. The molecule has 1 fully saturated rings. The van der Waals surface area contributed by atoms with Crippen molar-refractivity contribution in [1.82, 2.24) is 4.90 Å². The summed E-state index contributed by atoms with van der Waals surface area (Å²) in [5, 5.41) is 0.670. The van der Waals surface area contributed by atoms with Gasteiger partial charge in [0.25, 0.3) is 5.91 Å². The van der Waals surface area contributed by atoms with E-state index in [9.17, 15) is 9.18 Å².